The van der Waals surface area contributed by atoms with Gasteiger partial charge >= 0.3 is 0 Å². The fourth-order valence-electron chi connectivity index (χ4n) is 0. The summed E-state index contributed by atoms with van der Waals surface area (Å²) in [6, 6.07) is 3.39. The van der Waals surface area contributed by atoms with Crippen molar-refractivity contribution in [1.82, 2.24) is 0 Å². The van der Waals surface area contributed by atoms with Crippen molar-refractivity contribution in [3.8, 4) is 12.1 Å². The van der Waals surface area contributed by atoms with Crippen LogP contribution in [0.2, 0.25) is 0 Å². The summed E-state index contributed by atoms with van der Waals surface area (Å²) in [5, 5.41) is 27.0. The van der Waals surface area contributed by atoms with Gasteiger partial charge in [0, 0.05) is 12.2 Å². The van der Waals surface area contributed by atoms with Crippen LogP contribution < -0.4 is 0 Å². The average molecular weight is 140 g/mol. The first-order valence-corrected chi connectivity index (χ1v) is 2.04. The molecule has 0 aliphatic heterocycles. The summed E-state index contributed by atoms with van der Waals surface area (Å²) < 4.78 is 0. The summed E-state index contributed by atoms with van der Waals surface area (Å²) in [6.07, 6.45) is 2.36. The zero-order chi connectivity index (χ0) is 8.83. The van der Waals surface area contributed by atoms with Gasteiger partial charge in [0.1, 0.15) is 0 Å². The molecule has 0 fully saturated rings. The van der Waals surface area contributed by atoms with E-state index in [9.17, 15) is 0 Å². The second-order valence-electron chi connectivity index (χ2n) is 0.666. The average Bonchev–Trinajstić information content (AvgIpc) is 2.08. The van der Waals surface area contributed by atoms with E-state index in [1.165, 1.54) is 12.2 Å². The fraction of sp³-hybridized carbons (Fsp3) is 0. The molecular weight excluding hydrogens is 132 g/mol. The molecule has 4 heteroatoms. The van der Waals surface area contributed by atoms with Gasteiger partial charge in [-0.1, -0.05) is 13.2 Å². The molecule has 0 aromatic carbocycles. The molecule has 0 aliphatic rings. The van der Waals surface area contributed by atoms with Crippen molar-refractivity contribution in [3.05, 3.63) is 25.3 Å². The van der Waals surface area contributed by atoms with Crippen molar-refractivity contribution < 1.29 is 10.5 Å². The molecule has 0 radical (unpaired) electrons. The van der Waals surface area contributed by atoms with Crippen LogP contribution in [-0.4, -0.2) is 10.5 Å². The molecule has 10 heavy (non-hydrogen) atoms. The van der Waals surface area contributed by atoms with Gasteiger partial charge in [-0.3, -0.25) is 10.5 Å². The van der Waals surface area contributed by atoms with Gasteiger partial charge in [0.05, 0.1) is 12.1 Å². The Morgan fingerprint density at radius 3 is 1.10 bits per heavy atom. The van der Waals surface area contributed by atoms with E-state index in [2.05, 4.69) is 13.2 Å². The van der Waals surface area contributed by atoms with Crippen molar-refractivity contribution in [2.24, 2.45) is 0 Å². The Balaban J connectivity index is -0.0000000787. The van der Waals surface area contributed by atoms with Crippen LogP contribution in [0.1, 0.15) is 0 Å². The lowest BCUT2D eigenvalue weighted by molar-refractivity contribution is -0.176. The van der Waals surface area contributed by atoms with Crippen LogP contribution in [0.3, 0.4) is 0 Å². The normalized spacial score (nSPS) is 3.60. The molecule has 0 unspecified atom stereocenters. The molecule has 0 rings (SSSR count). The van der Waals surface area contributed by atoms with E-state index in [1.807, 2.05) is 0 Å². The predicted octanol–water partition coefficient (Wildman–Crippen LogP) is 1.41. The van der Waals surface area contributed by atoms with Gasteiger partial charge < -0.3 is 0 Å². The van der Waals surface area contributed by atoms with E-state index < -0.39 is 0 Å². The summed E-state index contributed by atoms with van der Waals surface area (Å²) in [5.74, 6) is 0. The summed E-state index contributed by atoms with van der Waals surface area (Å²) in [4.78, 5) is 0. The quantitative estimate of drug-likeness (QED) is 0.302. The van der Waals surface area contributed by atoms with E-state index in [-0.39, 0.29) is 0 Å². The lowest BCUT2D eigenvalue weighted by atomic mass is 10.8. The number of nitrogens with zero attached hydrogens (tertiary/aromatic N) is 2. The van der Waals surface area contributed by atoms with E-state index in [4.69, 9.17) is 21.0 Å². The highest BCUT2D eigenvalue weighted by atomic mass is 17.0. The highest BCUT2D eigenvalue weighted by molar-refractivity contribution is 4.93. The molecule has 0 bridgehead atoms. The van der Waals surface area contributed by atoms with Crippen LogP contribution in [0, 0.1) is 22.7 Å². The van der Waals surface area contributed by atoms with Crippen LogP contribution in [-0.2, 0) is 0 Å². The number of nitriles is 2. The topological polar surface area (TPSA) is 88.0 Å². The molecule has 0 amide bonds. The van der Waals surface area contributed by atoms with Gasteiger partial charge in [0.15, 0.2) is 0 Å². The Kier molecular flexibility index (Phi) is 83.6. The monoisotopic (exact) mass is 140 g/mol. The van der Waals surface area contributed by atoms with Gasteiger partial charge in [-0.05, 0) is 0 Å². The van der Waals surface area contributed by atoms with Crippen LogP contribution >= 0.6 is 0 Å². The predicted molar refractivity (Wildman–Crippen MR) is 36.9 cm³/mol. The first-order valence-electron chi connectivity index (χ1n) is 2.04. The van der Waals surface area contributed by atoms with Crippen LogP contribution in [0.15, 0.2) is 25.3 Å². The minimum atomic E-state index is 1.18. The molecule has 0 aromatic heterocycles. The Bertz CT molecular complexity index is 123. The van der Waals surface area contributed by atoms with Crippen molar-refractivity contribution in [1.29, 1.82) is 10.5 Å². The van der Waals surface area contributed by atoms with Crippen molar-refractivity contribution >= 4 is 0 Å². The lowest BCUT2D eigenvalue weighted by Crippen LogP contribution is -1.29. The van der Waals surface area contributed by atoms with Gasteiger partial charge in [0.2, 0.25) is 0 Å². The highest BCUT2D eigenvalue weighted by Crippen LogP contribution is 1.41. The van der Waals surface area contributed by atoms with Gasteiger partial charge in [-0.15, -0.1) is 0 Å². The van der Waals surface area contributed by atoms with Crippen LogP contribution in [0.25, 0.3) is 0 Å². The van der Waals surface area contributed by atoms with Gasteiger partial charge in [0.25, 0.3) is 0 Å². The van der Waals surface area contributed by atoms with Crippen LogP contribution in [0.5, 0.6) is 0 Å². The molecule has 0 saturated carbocycles. The molecule has 0 saturated heterocycles. The second-order valence-corrected chi connectivity index (χ2v) is 0.666. The molecule has 0 heterocycles. The number of rotatable bonds is 0. The third kappa shape index (κ3) is 1280. The van der Waals surface area contributed by atoms with Gasteiger partial charge in [-0.2, -0.15) is 10.5 Å². The summed E-state index contributed by atoms with van der Waals surface area (Å²) in [6.45, 7) is 6.24. The molecule has 54 valence electrons. The minimum absolute atomic E-state index is 1.18. The van der Waals surface area contributed by atoms with Crippen LogP contribution in [0.4, 0.5) is 0 Å². The molecule has 0 aliphatic carbocycles. The minimum Gasteiger partial charge on any atom is -0.255 e. The van der Waals surface area contributed by atoms with Gasteiger partial charge in [-0.25, -0.2) is 0 Å². The maximum atomic E-state index is 7.51. The fourth-order valence-corrected chi connectivity index (χ4v) is 0. The number of allylic oxidation sites excluding steroid dienone is 2. The molecule has 4 nitrogen and oxygen atoms in total. The number of hydrogen-bond acceptors (Lipinski definition) is 4. The second kappa shape index (κ2) is 53.0. The lowest BCUT2D eigenvalue weighted by Gasteiger charge is -1.31. The summed E-state index contributed by atoms with van der Waals surface area (Å²) in [5.41, 5.74) is 0. The Morgan fingerprint density at radius 1 is 1.00 bits per heavy atom. The smallest absolute Gasteiger partial charge is 0.0905 e. The maximum Gasteiger partial charge on any atom is 0.0905 e. The SMILES string of the molecule is C=CC#N.C=CC#N.OO. The Morgan fingerprint density at radius 2 is 1.10 bits per heavy atom. The number of hydrogen-bond donors (Lipinski definition) is 2. The van der Waals surface area contributed by atoms with Crippen molar-refractivity contribution in [2.75, 3.05) is 0 Å². The standard InChI is InChI=1S/2C3H3N.H2O2/c2*1-2-3-4;1-2/h2*2H,1H2;1-2H. The van der Waals surface area contributed by atoms with E-state index in [0.717, 1.165) is 0 Å². The molecule has 0 atom stereocenters. The van der Waals surface area contributed by atoms with E-state index >= 15 is 0 Å². The van der Waals surface area contributed by atoms with E-state index in [0.29, 0.717) is 0 Å². The zero-order valence-corrected chi connectivity index (χ0v) is 5.36. The summed E-state index contributed by atoms with van der Waals surface area (Å²) >= 11 is 0. The van der Waals surface area contributed by atoms with Crippen molar-refractivity contribution in [3.63, 3.8) is 0 Å². The first-order chi connectivity index (χ1) is 4.83. The Labute approximate surface area is 59.5 Å². The molecular formula is C6H8N2O2. The summed E-state index contributed by atoms with van der Waals surface area (Å²) in [7, 11) is 0. The maximum absolute atomic E-state index is 7.51. The highest BCUT2D eigenvalue weighted by Gasteiger charge is 1.34. The molecule has 0 spiro atoms. The molecule has 0 aromatic rings. The van der Waals surface area contributed by atoms with E-state index in [1.54, 1.807) is 12.1 Å². The third-order valence-electron chi connectivity index (χ3n) is 0.183. The first kappa shape index (κ1) is 15.8. The molecule has 2 N–H and O–H groups in total. The Hall–Kier alpha value is -1.62. The van der Waals surface area contributed by atoms with Crippen molar-refractivity contribution in [2.45, 2.75) is 0 Å². The largest absolute Gasteiger partial charge is 0.255 e. The third-order valence-corrected chi connectivity index (χ3v) is 0.183. The zero-order valence-electron chi connectivity index (χ0n) is 5.36.